The second kappa shape index (κ2) is 4.92. The average Bonchev–Trinajstić information content (AvgIpc) is 2.16. The number of hydrogen-bond acceptors (Lipinski definition) is 1. The molecule has 0 aliphatic rings. The number of rotatable bonds is 4. The van der Waals surface area contributed by atoms with Crippen LogP contribution in [0, 0.1) is 0 Å². The summed E-state index contributed by atoms with van der Waals surface area (Å²) in [4.78, 5) is 0. The smallest absolute Gasteiger partial charge is 0.264 e. The van der Waals surface area contributed by atoms with Gasteiger partial charge in [0.15, 0.2) is 0 Å². The highest BCUT2D eigenvalue weighted by Crippen LogP contribution is 2.09. The third kappa shape index (κ3) is 3.51. The van der Waals surface area contributed by atoms with E-state index in [9.17, 15) is 8.78 Å². The molecule has 1 N–H and O–H groups in total. The lowest BCUT2D eigenvalue weighted by molar-refractivity contribution is -0.00849. The van der Waals surface area contributed by atoms with E-state index >= 15 is 0 Å². The molecule has 1 unspecified atom stereocenters. The summed E-state index contributed by atoms with van der Waals surface area (Å²) in [5.41, 5.74) is 0.846. The molecule has 0 amide bonds. The summed E-state index contributed by atoms with van der Waals surface area (Å²) in [6, 6.07) is 8.97. The zero-order chi connectivity index (χ0) is 10.6. The van der Waals surface area contributed by atoms with Gasteiger partial charge in [-0.3, -0.25) is 0 Å². The van der Waals surface area contributed by atoms with E-state index in [4.69, 9.17) is 6.48 Å². The number of halogens is 2. The summed E-state index contributed by atoms with van der Waals surface area (Å²) in [6.07, 6.45) is -5.62. The van der Waals surface area contributed by atoms with Crippen molar-refractivity contribution in [1.29, 1.82) is 0 Å². The van der Waals surface area contributed by atoms with Gasteiger partial charge in [0.1, 0.15) is 6.08 Å². The van der Waals surface area contributed by atoms with E-state index in [1.54, 1.807) is 24.3 Å². The van der Waals surface area contributed by atoms with E-state index in [0.717, 1.165) is 5.56 Å². The molecule has 0 aliphatic heterocycles. The van der Waals surface area contributed by atoms with Crippen LogP contribution in [0.2, 0.25) is 0 Å². The highest BCUT2D eigenvalue weighted by molar-refractivity contribution is 5.14. The van der Waals surface area contributed by atoms with Gasteiger partial charge in [-0.05, 0) is 18.4 Å². The van der Waals surface area contributed by atoms with Crippen LogP contribution in [0.3, 0.4) is 0 Å². The number of alkyl halides is 2. The summed E-state index contributed by atoms with van der Waals surface area (Å²) < 4.78 is 31.1. The molecule has 0 saturated heterocycles. The molecule has 0 bridgehead atoms. The molecule has 0 saturated carbocycles. The van der Waals surface area contributed by atoms with Crippen molar-refractivity contribution >= 4 is 0 Å². The third-order valence-electron chi connectivity index (χ3n) is 1.76. The number of aliphatic hydroxyl groups is 1. The van der Waals surface area contributed by atoms with Crippen molar-refractivity contribution in [2.75, 3.05) is 0 Å². The van der Waals surface area contributed by atoms with Crippen LogP contribution in [0.15, 0.2) is 30.3 Å². The minimum Gasteiger partial charge on any atom is -0.387 e. The lowest BCUT2D eigenvalue weighted by Crippen LogP contribution is -2.17. The lowest BCUT2D eigenvalue weighted by Gasteiger charge is -2.08. The van der Waals surface area contributed by atoms with Crippen LogP contribution < -0.4 is 0 Å². The molecule has 1 rings (SSSR count). The second-order valence-electron chi connectivity index (χ2n) is 2.78. The minimum atomic E-state index is -3.02. The summed E-state index contributed by atoms with van der Waals surface area (Å²) >= 11 is 0. The van der Waals surface area contributed by atoms with Crippen molar-refractivity contribution in [3.05, 3.63) is 35.9 Å². The van der Waals surface area contributed by atoms with Crippen molar-refractivity contribution in [3.8, 4) is 0 Å². The Morgan fingerprint density at radius 1 is 1.31 bits per heavy atom. The Bertz CT molecular complexity index is 275. The maximum absolute atomic E-state index is 12.1. The van der Waals surface area contributed by atoms with E-state index in [-0.39, 0.29) is 12.8 Å². The first-order valence-electron chi connectivity index (χ1n) is 4.57. The van der Waals surface area contributed by atoms with E-state index in [0.29, 0.717) is 0 Å². The molecule has 0 fully saturated rings. The average molecular weight is 187 g/mol. The van der Waals surface area contributed by atoms with Crippen LogP contribution in [0.1, 0.15) is 13.4 Å². The molecule has 1 nitrogen and oxygen atoms in total. The first kappa shape index (κ1) is 8.63. The second-order valence-corrected chi connectivity index (χ2v) is 2.78. The predicted molar refractivity (Wildman–Crippen MR) is 46.8 cm³/mol. The maximum atomic E-state index is 12.1. The standard InChI is InChI=1S/C10H12F2O/c11-10(12)9(13)7-6-8-4-2-1-3-5-8/h1-5,9-10,13H,6-7H2/i9D. The van der Waals surface area contributed by atoms with Gasteiger partial charge in [0.05, 0.1) is 1.37 Å². The SMILES string of the molecule is [2H]C(O)(CCc1ccccc1)C(F)F. The molecule has 0 heterocycles. The monoisotopic (exact) mass is 187 g/mol. The quantitative estimate of drug-likeness (QED) is 0.766. The Labute approximate surface area is 77.4 Å². The highest BCUT2D eigenvalue weighted by atomic mass is 19.3. The molecule has 72 valence electrons. The number of aryl methyl sites for hydroxylation is 1. The van der Waals surface area contributed by atoms with Gasteiger partial charge >= 0.3 is 0 Å². The molecule has 0 spiro atoms. The summed E-state index contributed by atoms with van der Waals surface area (Å²) in [7, 11) is 0. The molecule has 1 aromatic carbocycles. The van der Waals surface area contributed by atoms with Crippen molar-refractivity contribution in [3.63, 3.8) is 0 Å². The fourth-order valence-electron chi connectivity index (χ4n) is 1.03. The lowest BCUT2D eigenvalue weighted by atomic mass is 10.1. The van der Waals surface area contributed by atoms with Crippen molar-refractivity contribution < 1.29 is 15.3 Å². The van der Waals surface area contributed by atoms with Crippen molar-refractivity contribution in [1.82, 2.24) is 0 Å². The molecule has 0 aliphatic carbocycles. The minimum absolute atomic E-state index is 0.255. The molecular weight excluding hydrogens is 174 g/mol. The van der Waals surface area contributed by atoms with E-state index in [2.05, 4.69) is 0 Å². The Kier molecular flexibility index (Phi) is 3.27. The van der Waals surface area contributed by atoms with E-state index < -0.39 is 12.5 Å². The van der Waals surface area contributed by atoms with Gasteiger partial charge in [0.2, 0.25) is 0 Å². The Hall–Kier alpha value is -0.960. The molecular formula is C10H12F2O. The van der Waals surface area contributed by atoms with Gasteiger partial charge in [0.25, 0.3) is 6.43 Å². The summed E-state index contributed by atoms with van der Waals surface area (Å²) in [5.74, 6) is 0. The van der Waals surface area contributed by atoms with Gasteiger partial charge in [-0.15, -0.1) is 0 Å². The fourth-order valence-corrected chi connectivity index (χ4v) is 1.03. The third-order valence-corrected chi connectivity index (χ3v) is 1.76. The Balaban J connectivity index is 2.49. The van der Waals surface area contributed by atoms with Gasteiger partial charge in [-0.1, -0.05) is 30.3 Å². The normalized spacial score (nSPS) is 16.8. The maximum Gasteiger partial charge on any atom is 0.264 e. The van der Waals surface area contributed by atoms with Crippen LogP contribution in [0.5, 0.6) is 0 Å². The van der Waals surface area contributed by atoms with Gasteiger partial charge in [-0.25, -0.2) is 8.78 Å². The zero-order valence-electron chi connectivity index (χ0n) is 8.08. The summed E-state index contributed by atoms with van der Waals surface area (Å²) in [6.45, 7) is 0. The van der Waals surface area contributed by atoms with Gasteiger partial charge < -0.3 is 5.11 Å². The largest absolute Gasteiger partial charge is 0.387 e. The highest BCUT2D eigenvalue weighted by Gasteiger charge is 2.15. The first-order valence-corrected chi connectivity index (χ1v) is 4.07. The van der Waals surface area contributed by atoms with Crippen LogP contribution in [0.4, 0.5) is 8.78 Å². The molecule has 3 heteroatoms. The molecule has 13 heavy (non-hydrogen) atoms. The molecule has 0 radical (unpaired) electrons. The van der Waals surface area contributed by atoms with Crippen LogP contribution in [-0.4, -0.2) is 17.6 Å². The van der Waals surface area contributed by atoms with Crippen LogP contribution >= 0.6 is 0 Å². The predicted octanol–water partition coefficient (Wildman–Crippen LogP) is 2.25. The molecule has 1 atom stereocenters. The van der Waals surface area contributed by atoms with Gasteiger partial charge in [-0.2, -0.15) is 0 Å². The van der Waals surface area contributed by atoms with Crippen molar-refractivity contribution in [2.24, 2.45) is 0 Å². The van der Waals surface area contributed by atoms with E-state index in [1.807, 2.05) is 6.07 Å². The Morgan fingerprint density at radius 3 is 2.46 bits per heavy atom. The first-order chi connectivity index (χ1) is 6.52. The topological polar surface area (TPSA) is 20.2 Å². The molecule has 1 aromatic rings. The van der Waals surface area contributed by atoms with E-state index in [1.165, 1.54) is 0 Å². The zero-order valence-corrected chi connectivity index (χ0v) is 7.08. The van der Waals surface area contributed by atoms with Crippen LogP contribution in [0.25, 0.3) is 0 Å². The Morgan fingerprint density at radius 2 is 1.92 bits per heavy atom. The fraction of sp³-hybridized carbons (Fsp3) is 0.400. The van der Waals surface area contributed by atoms with Crippen molar-refractivity contribution in [2.45, 2.75) is 25.3 Å². The van der Waals surface area contributed by atoms with Gasteiger partial charge in [0, 0.05) is 0 Å². The molecule has 0 aromatic heterocycles. The van der Waals surface area contributed by atoms with Crippen LogP contribution in [-0.2, 0) is 6.42 Å². The number of benzene rings is 1. The number of hydrogen-bond donors (Lipinski definition) is 1. The summed E-state index contributed by atoms with van der Waals surface area (Å²) in [5, 5.41) is 8.97.